The smallest absolute Gasteiger partial charge is 0.363 e. The number of cyclic esters (lactones) is 1. The van der Waals surface area contributed by atoms with Crippen molar-refractivity contribution in [3.63, 3.8) is 0 Å². The van der Waals surface area contributed by atoms with Crippen molar-refractivity contribution in [2.75, 3.05) is 21.3 Å². The molecule has 4 rings (SSSR count). The second-order valence-electron chi connectivity index (χ2n) is 7.89. The number of esters is 2. The fraction of sp³-hybridized carbons (Fsp3) is 0.107. The summed E-state index contributed by atoms with van der Waals surface area (Å²) in [6, 6.07) is 15.5. The molecule has 39 heavy (non-hydrogen) atoms. The summed E-state index contributed by atoms with van der Waals surface area (Å²) in [7, 11) is 4.41. The minimum absolute atomic E-state index is 0.0105. The van der Waals surface area contributed by atoms with Crippen LogP contribution in [0.5, 0.6) is 23.0 Å². The standard InChI is InChI=1S/C28H22N2O9/c1-35-23-15-19(16-24(36-2)26(23)37-3)27-29-21(28(32)39-27)14-18-6-4-5-7-22(18)38-25(31)13-10-17-8-11-20(12-9-17)30(33)34/h4-16H,1-3H3/b13-10+,21-14-. The van der Waals surface area contributed by atoms with Gasteiger partial charge in [0.2, 0.25) is 11.6 Å². The van der Waals surface area contributed by atoms with Crippen LogP contribution in [0.15, 0.2) is 77.4 Å². The van der Waals surface area contributed by atoms with Gasteiger partial charge >= 0.3 is 11.9 Å². The van der Waals surface area contributed by atoms with E-state index in [1.165, 1.54) is 63.8 Å². The molecule has 0 amide bonds. The fourth-order valence-electron chi connectivity index (χ4n) is 3.59. The summed E-state index contributed by atoms with van der Waals surface area (Å²) < 4.78 is 26.8. The summed E-state index contributed by atoms with van der Waals surface area (Å²) in [6.07, 6.45) is 4.10. The molecule has 0 saturated carbocycles. The summed E-state index contributed by atoms with van der Waals surface area (Å²) in [4.78, 5) is 39.6. The summed E-state index contributed by atoms with van der Waals surface area (Å²) in [6.45, 7) is 0. The van der Waals surface area contributed by atoms with Crippen LogP contribution in [-0.4, -0.2) is 44.1 Å². The van der Waals surface area contributed by atoms with Crippen molar-refractivity contribution in [3.8, 4) is 23.0 Å². The average Bonchev–Trinajstić information content (AvgIpc) is 3.32. The maximum atomic E-state index is 12.6. The van der Waals surface area contributed by atoms with Gasteiger partial charge in [0.15, 0.2) is 17.2 Å². The number of aliphatic imine (C=N–C) groups is 1. The predicted octanol–water partition coefficient (Wildman–Crippen LogP) is 4.58. The Hall–Kier alpha value is -5.45. The highest BCUT2D eigenvalue weighted by molar-refractivity contribution is 6.13. The number of non-ortho nitro benzene ring substituents is 1. The highest BCUT2D eigenvalue weighted by atomic mass is 16.6. The summed E-state index contributed by atoms with van der Waals surface area (Å²) in [5.74, 6) is -0.0571. The van der Waals surface area contributed by atoms with E-state index < -0.39 is 16.9 Å². The van der Waals surface area contributed by atoms with Crippen LogP contribution in [0.3, 0.4) is 0 Å². The molecule has 198 valence electrons. The molecule has 0 aliphatic carbocycles. The Labute approximate surface area is 222 Å². The van der Waals surface area contributed by atoms with Crippen molar-refractivity contribution in [2.45, 2.75) is 0 Å². The molecule has 1 aliphatic heterocycles. The molecule has 0 aromatic heterocycles. The molecule has 3 aromatic rings. The predicted molar refractivity (Wildman–Crippen MR) is 141 cm³/mol. The van der Waals surface area contributed by atoms with Crippen molar-refractivity contribution < 1.29 is 38.2 Å². The lowest BCUT2D eigenvalue weighted by molar-refractivity contribution is -0.384. The second kappa shape index (κ2) is 11.7. The first-order chi connectivity index (χ1) is 18.8. The first-order valence-electron chi connectivity index (χ1n) is 11.4. The van der Waals surface area contributed by atoms with E-state index in [0.717, 1.165) is 0 Å². The number of carbonyl (C=O) groups is 2. The van der Waals surface area contributed by atoms with Crippen LogP contribution < -0.4 is 18.9 Å². The van der Waals surface area contributed by atoms with Crippen molar-refractivity contribution >= 4 is 35.7 Å². The Morgan fingerprint density at radius 1 is 0.949 bits per heavy atom. The van der Waals surface area contributed by atoms with E-state index in [1.807, 2.05) is 0 Å². The van der Waals surface area contributed by atoms with Crippen molar-refractivity contribution in [2.24, 2.45) is 4.99 Å². The monoisotopic (exact) mass is 530 g/mol. The van der Waals surface area contributed by atoms with Gasteiger partial charge in [-0.05, 0) is 48.0 Å². The lowest BCUT2D eigenvalue weighted by Crippen LogP contribution is -2.07. The zero-order valence-electron chi connectivity index (χ0n) is 21.1. The highest BCUT2D eigenvalue weighted by Crippen LogP contribution is 2.39. The van der Waals surface area contributed by atoms with Gasteiger partial charge < -0.3 is 23.7 Å². The quantitative estimate of drug-likeness (QED) is 0.128. The van der Waals surface area contributed by atoms with Crippen molar-refractivity contribution in [1.82, 2.24) is 0 Å². The lowest BCUT2D eigenvalue weighted by atomic mass is 10.1. The van der Waals surface area contributed by atoms with Crippen LogP contribution in [-0.2, 0) is 14.3 Å². The molecular weight excluding hydrogens is 508 g/mol. The van der Waals surface area contributed by atoms with Gasteiger partial charge in [0, 0.05) is 29.3 Å². The Morgan fingerprint density at radius 3 is 2.23 bits per heavy atom. The Balaban J connectivity index is 1.56. The van der Waals surface area contributed by atoms with Crippen LogP contribution in [0.1, 0.15) is 16.7 Å². The number of hydrogen-bond acceptors (Lipinski definition) is 10. The SMILES string of the molecule is COc1cc(C2=N/C(=C\c3ccccc3OC(=O)/C=C/c3ccc([N+](=O)[O-])cc3)C(=O)O2)cc(OC)c1OC. The van der Waals surface area contributed by atoms with E-state index >= 15 is 0 Å². The molecule has 0 fully saturated rings. The van der Waals surface area contributed by atoms with Crippen LogP contribution >= 0.6 is 0 Å². The van der Waals surface area contributed by atoms with Crippen molar-refractivity contribution in [1.29, 1.82) is 0 Å². The molecule has 11 heteroatoms. The largest absolute Gasteiger partial charge is 0.493 e. The minimum atomic E-state index is -0.696. The molecule has 1 aliphatic rings. The minimum Gasteiger partial charge on any atom is -0.493 e. The van der Waals surface area contributed by atoms with E-state index in [1.54, 1.807) is 36.4 Å². The summed E-state index contributed by atoms with van der Waals surface area (Å²) in [5, 5.41) is 10.8. The van der Waals surface area contributed by atoms with Gasteiger partial charge in [0.25, 0.3) is 5.69 Å². The van der Waals surface area contributed by atoms with Crippen molar-refractivity contribution in [3.05, 3.63) is 99.2 Å². The number of rotatable bonds is 9. The number of methoxy groups -OCH3 is 3. The molecule has 0 bridgehead atoms. The van der Waals surface area contributed by atoms with E-state index in [9.17, 15) is 19.7 Å². The second-order valence-corrected chi connectivity index (χ2v) is 7.89. The van der Waals surface area contributed by atoms with Crippen LogP contribution in [0.4, 0.5) is 5.69 Å². The van der Waals surface area contributed by atoms with E-state index in [-0.39, 0.29) is 23.0 Å². The molecular formula is C28H22N2O9. The third-order valence-electron chi connectivity index (χ3n) is 5.47. The molecule has 0 spiro atoms. The molecule has 0 unspecified atom stereocenters. The molecule has 11 nitrogen and oxygen atoms in total. The molecule has 1 heterocycles. The normalized spacial score (nSPS) is 13.7. The number of benzene rings is 3. The van der Waals surface area contributed by atoms with Gasteiger partial charge in [-0.1, -0.05) is 18.2 Å². The van der Waals surface area contributed by atoms with Gasteiger partial charge in [0.1, 0.15) is 5.75 Å². The molecule has 0 radical (unpaired) electrons. The molecule has 0 atom stereocenters. The third kappa shape index (κ3) is 6.10. The first kappa shape index (κ1) is 26.6. The number of hydrogen-bond donors (Lipinski definition) is 0. The van der Waals surface area contributed by atoms with Gasteiger partial charge in [-0.25, -0.2) is 14.6 Å². The maximum Gasteiger partial charge on any atom is 0.363 e. The number of nitrogens with zero attached hydrogens (tertiary/aromatic N) is 2. The summed E-state index contributed by atoms with van der Waals surface area (Å²) in [5.41, 5.74) is 1.35. The highest BCUT2D eigenvalue weighted by Gasteiger charge is 2.27. The van der Waals surface area contributed by atoms with E-state index in [0.29, 0.717) is 33.9 Å². The first-order valence-corrected chi connectivity index (χ1v) is 11.4. The zero-order valence-corrected chi connectivity index (χ0v) is 21.1. The Kier molecular flexibility index (Phi) is 8.00. The number of ether oxygens (including phenoxy) is 5. The number of nitro groups is 1. The topological polar surface area (TPSA) is 136 Å². The zero-order chi connectivity index (χ0) is 27.9. The number of nitro benzene ring substituents is 1. The fourth-order valence-corrected chi connectivity index (χ4v) is 3.59. The van der Waals surface area contributed by atoms with E-state index in [2.05, 4.69) is 4.99 Å². The molecule has 0 saturated heterocycles. The van der Waals surface area contributed by atoms with Gasteiger partial charge in [-0.2, -0.15) is 0 Å². The Morgan fingerprint density at radius 2 is 1.62 bits per heavy atom. The summed E-state index contributed by atoms with van der Waals surface area (Å²) >= 11 is 0. The number of para-hydroxylation sites is 1. The van der Waals surface area contributed by atoms with Gasteiger partial charge in [-0.3, -0.25) is 10.1 Å². The maximum absolute atomic E-state index is 12.6. The Bertz CT molecular complexity index is 1500. The third-order valence-corrected chi connectivity index (χ3v) is 5.47. The van der Waals surface area contributed by atoms with Gasteiger partial charge in [0.05, 0.1) is 26.3 Å². The van der Waals surface area contributed by atoms with Gasteiger partial charge in [-0.15, -0.1) is 0 Å². The molecule has 0 N–H and O–H groups in total. The number of carbonyl (C=O) groups excluding carboxylic acids is 2. The van der Waals surface area contributed by atoms with E-state index in [4.69, 9.17) is 23.7 Å². The lowest BCUT2D eigenvalue weighted by Gasteiger charge is -2.13. The average molecular weight is 530 g/mol. The van der Waals surface area contributed by atoms with Crippen LogP contribution in [0, 0.1) is 10.1 Å². The molecule has 3 aromatic carbocycles. The van der Waals surface area contributed by atoms with Crippen LogP contribution in [0.25, 0.3) is 12.2 Å². The van der Waals surface area contributed by atoms with Crippen LogP contribution in [0.2, 0.25) is 0 Å².